The molecule has 0 spiro atoms. The predicted molar refractivity (Wildman–Crippen MR) is 120 cm³/mol. The number of aromatic amines is 1. The third-order valence-corrected chi connectivity index (χ3v) is 5.68. The lowest BCUT2D eigenvalue weighted by molar-refractivity contribution is -0.132. The number of aromatic nitrogens is 3. The van der Waals surface area contributed by atoms with Gasteiger partial charge in [0.1, 0.15) is 11.6 Å². The molecular formula is C24H27N5O3. The second-order valence-electron chi connectivity index (χ2n) is 7.92. The van der Waals surface area contributed by atoms with Crippen LogP contribution in [0.25, 0.3) is 11.4 Å². The minimum absolute atomic E-state index is 0.00594. The molecule has 0 saturated carbocycles. The van der Waals surface area contributed by atoms with Gasteiger partial charge in [-0.05, 0) is 24.5 Å². The number of benzene rings is 2. The number of aryl methyl sites for hydroxylation is 1. The van der Waals surface area contributed by atoms with Crippen molar-refractivity contribution in [3.8, 4) is 17.1 Å². The average molecular weight is 434 g/mol. The first kappa shape index (κ1) is 21.5. The normalized spacial score (nSPS) is 17.9. The van der Waals surface area contributed by atoms with E-state index in [1.807, 2.05) is 54.6 Å². The SMILES string of the molecule is COc1ccccc1CCC(=O)N1C[C@@H](NC(C)=O)C[C@H]1c1nc(-c2ccccc2)n[nH]1. The molecule has 3 aromatic rings. The Morgan fingerprint density at radius 1 is 1.16 bits per heavy atom. The van der Waals surface area contributed by atoms with E-state index in [0.717, 1.165) is 16.9 Å². The highest BCUT2D eigenvalue weighted by Crippen LogP contribution is 2.32. The Hall–Kier alpha value is -3.68. The number of nitrogens with zero attached hydrogens (tertiary/aromatic N) is 3. The van der Waals surface area contributed by atoms with Crippen LogP contribution in [0.1, 0.15) is 37.2 Å². The van der Waals surface area contributed by atoms with E-state index in [1.54, 1.807) is 12.0 Å². The van der Waals surface area contributed by atoms with Gasteiger partial charge in [0.15, 0.2) is 5.82 Å². The first-order valence-corrected chi connectivity index (χ1v) is 10.7. The van der Waals surface area contributed by atoms with Crippen LogP contribution in [-0.4, -0.2) is 51.6 Å². The van der Waals surface area contributed by atoms with Gasteiger partial charge in [0, 0.05) is 31.5 Å². The topological polar surface area (TPSA) is 100 Å². The number of methoxy groups -OCH3 is 1. The molecule has 8 nitrogen and oxygen atoms in total. The van der Waals surface area contributed by atoms with Crippen LogP contribution in [0.2, 0.25) is 0 Å². The average Bonchev–Trinajstić information content (AvgIpc) is 3.45. The molecule has 1 aliphatic rings. The molecule has 166 valence electrons. The Labute approximate surface area is 187 Å². The number of amides is 2. The molecule has 2 aromatic carbocycles. The number of carbonyl (C=O) groups excluding carboxylic acids is 2. The number of hydrogen-bond donors (Lipinski definition) is 2. The summed E-state index contributed by atoms with van der Waals surface area (Å²) in [5, 5.41) is 10.3. The van der Waals surface area contributed by atoms with Crippen LogP contribution in [0.3, 0.4) is 0 Å². The van der Waals surface area contributed by atoms with Crippen LogP contribution in [0.5, 0.6) is 5.75 Å². The molecule has 0 radical (unpaired) electrons. The van der Waals surface area contributed by atoms with Crippen molar-refractivity contribution in [3.63, 3.8) is 0 Å². The summed E-state index contributed by atoms with van der Waals surface area (Å²) in [6.07, 6.45) is 1.50. The van der Waals surface area contributed by atoms with Gasteiger partial charge in [0.05, 0.1) is 13.2 Å². The van der Waals surface area contributed by atoms with E-state index in [2.05, 4.69) is 20.5 Å². The number of ether oxygens (including phenoxy) is 1. The number of likely N-dealkylation sites (tertiary alicyclic amines) is 1. The lowest BCUT2D eigenvalue weighted by Gasteiger charge is -2.23. The fourth-order valence-electron chi connectivity index (χ4n) is 4.20. The maximum absolute atomic E-state index is 13.2. The highest BCUT2D eigenvalue weighted by Gasteiger charge is 2.38. The fraction of sp³-hybridized carbons (Fsp3) is 0.333. The number of H-pyrrole nitrogens is 1. The van der Waals surface area contributed by atoms with Gasteiger partial charge in [0.2, 0.25) is 11.8 Å². The third kappa shape index (κ3) is 4.80. The van der Waals surface area contributed by atoms with Crippen LogP contribution in [0.4, 0.5) is 0 Å². The van der Waals surface area contributed by atoms with Gasteiger partial charge in [-0.1, -0.05) is 48.5 Å². The Balaban J connectivity index is 1.52. The zero-order valence-corrected chi connectivity index (χ0v) is 18.2. The van der Waals surface area contributed by atoms with Crippen LogP contribution in [-0.2, 0) is 16.0 Å². The zero-order chi connectivity index (χ0) is 22.5. The molecule has 2 atom stereocenters. The smallest absolute Gasteiger partial charge is 0.223 e. The summed E-state index contributed by atoms with van der Waals surface area (Å²) in [6, 6.07) is 17.0. The molecule has 0 bridgehead atoms. The molecule has 0 aliphatic carbocycles. The van der Waals surface area contributed by atoms with Crippen molar-refractivity contribution in [2.45, 2.75) is 38.3 Å². The van der Waals surface area contributed by atoms with Crippen LogP contribution in [0.15, 0.2) is 54.6 Å². The number of nitrogens with one attached hydrogen (secondary N) is 2. The van der Waals surface area contributed by atoms with Gasteiger partial charge >= 0.3 is 0 Å². The van der Waals surface area contributed by atoms with Gasteiger partial charge < -0.3 is 15.0 Å². The maximum Gasteiger partial charge on any atom is 0.223 e. The molecule has 32 heavy (non-hydrogen) atoms. The summed E-state index contributed by atoms with van der Waals surface area (Å²) in [5.41, 5.74) is 1.89. The van der Waals surface area contributed by atoms with Crippen LogP contribution >= 0.6 is 0 Å². The van der Waals surface area contributed by atoms with E-state index in [0.29, 0.717) is 37.5 Å². The van der Waals surface area contributed by atoms with Crippen molar-refractivity contribution in [2.24, 2.45) is 0 Å². The fourth-order valence-corrected chi connectivity index (χ4v) is 4.20. The number of rotatable bonds is 7. The van der Waals surface area contributed by atoms with Crippen molar-refractivity contribution in [1.29, 1.82) is 0 Å². The second-order valence-corrected chi connectivity index (χ2v) is 7.92. The first-order valence-electron chi connectivity index (χ1n) is 10.7. The maximum atomic E-state index is 13.2. The van der Waals surface area contributed by atoms with Gasteiger partial charge in [-0.2, -0.15) is 5.10 Å². The molecule has 1 aromatic heterocycles. The van der Waals surface area contributed by atoms with E-state index < -0.39 is 0 Å². The van der Waals surface area contributed by atoms with Crippen LogP contribution in [0, 0.1) is 0 Å². The van der Waals surface area contributed by atoms with Crippen molar-refractivity contribution in [3.05, 3.63) is 66.0 Å². The summed E-state index contributed by atoms with van der Waals surface area (Å²) >= 11 is 0. The summed E-state index contributed by atoms with van der Waals surface area (Å²) in [6.45, 7) is 1.93. The minimum atomic E-state index is -0.276. The molecule has 2 heterocycles. The van der Waals surface area contributed by atoms with E-state index in [4.69, 9.17) is 4.74 Å². The van der Waals surface area contributed by atoms with Gasteiger partial charge in [-0.25, -0.2) is 4.98 Å². The predicted octanol–water partition coefficient (Wildman–Crippen LogP) is 2.89. The van der Waals surface area contributed by atoms with Gasteiger partial charge in [-0.3, -0.25) is 14.7 Å². The molecule has 1 saturated heterocycles. The van der Waals surface area contributed by atoms with Crippen molar-refractivity contribution in [2.75, 3.05) is 13.7 Å². The highest BCUT2D eigenvalue weighted by atomic mass is 16.5. The minimum Gasteiger partial charge on any atom is -0.496 e. The Kier molecular flexibility index (Phi) is 6.49. The quantitative estimate of drug-likeness (QED) is 0.597. The Morgan fingerprint density at radius 2 is 1.91 bits per heavy atom. The lowest BCUT2D eigenvalue weighted by Crippen LogP contribution is -2.37. The van der Waals surface area contributed by atoms with E-state index in [9.17, 15) is 9.59 Å². The summed E-state index contributed by atoms with van der Waals surface area (Å²) in [7, 11) is 1.63. The zero-order valence-electron chi connectivity index (χ0n) is 18.2. The third-order valence-electron chi connectivity index (χ3n) is 5.68. The molecule has 1 aliphatic heterocycles. The Bertz CT molecular complexity index is 1080. The van der Waals surface area contributed by atoms with Gasteiger partial charge in [0.25, 0.3) is 0 Å². The molecule has 1 fully saturated rings. The van der Waals surface area contributed by atoms with Crippen LogP contribution < -0.4 is 10.1 Å². The molecule has 8 heteroatoms. The molecule has 2 N–H and O–H groups in total. The van der Waals surface area contributed by atoms with Crippen molar-refractivity contribution >= 4 is 11.8 Å². The highest BCUT2D eigenvalue weighted by molar-refractivity contribution is 5.78. The number of carbonyl (C=O) groups is 2. The molecule has 4 rings (SSSR count). The van der Waals surface area contributed by atoms with E-state index in [1.165, 1.54) is 6.92 Å². The molecule has 0 unspecified atom stereocenters. The summed E-state index contributed by atoms with van der Waals surface area (Å²) in [4.78, 5) is 31.3. The van der Waals surface area contributed by atoms with Gasteiger partial charge in [-0.15, -0.1) is 0 Å². The summed E-state index contributed by atoms with van der Waals surface area (Å²) < 4.78 is 5.40. The summed E-state index contributed by atoms with van der Waals surface area (Å²) in [5.74, 6) is 1.88. The first-order chi connectivity index (χ1) is 15.5. The van der Waals surface area contributed by atoms with E-state index in [-0.39, 0.29) is 23.9 Å². The van der Waals surface area contributed by atoms with E-state index >= 15 is 0 Å². The largest absolute Gasteiger partial charge is 0.496 e. The lowest BCUT2D eigenvalue weighted by atomic mass is 10.1. The van der Waals surface area contributed by atoms with Crippen molar-refractivity contribution < 1.29 is 14.3 Å². The monoisotopic (exact) mass is 433 g/mol. The molecule has 2 amide bonds. The standard InChI is InChI=1S/C24H27N5O3/c1-16(30)25-19-14-20(24-26-23(27-28-24)18-9-4-3-5-10-18)29(15-19)22(31)13-12-17-8-6-7-11-21(17)32-2/h3-11,19-20H,12-15H2,1-2H3,(H,25,30)(H,26,27,28)/t19-,20-/m0/s1. The molecular weight excluding hydrogens is 406 g/mol. The number of para-hydroxylation sites is 1. The van der Waals surface area contributed by atoms with Crippen molar-refractivity contribution in [1.82, 2.24) is 25.4 Å². The second kappa shape index (κ2) is 9.64. The Morgan fingerprint density at radius 3 is 2.66 bits per heavy atom. The number of hydrogen-bond acceptors (Lipinski definition) is 5.